The monoisotopic (exact) mass is 271 g/mol. The van der Waals surface area contributed by atoms with Crippen molar-refractivity contribution in [1.82, 2.24) is 14.9 Å². The van der Waals surface area contributed by atoms with Gasteiger partial charge in [-0.2, -0.15) is 0 Å². The Morgan fingerprint density at radius 2 is 1.90 bits per heavy atom. The molecule has 1 aromatic heterocycles. The van der Waals surface area contributed by atoms with Gasteiger partial charge in [-0.25, -0.2) is 9.97 Å². The lowest BCUT2D eigenvalue weighted by atomic mass is 10.1. The van der Waals surface area contributed by atoms with E-state index in [1.165, 1.54) is 0 Å². The molecule has 1 aliphatic heterocycles. The summed E-state index contributed by atoms with van der Waals surface area (Å²) in [4.78, 5) is 11.9. The van der Waals surface area contributed by atoms with Gasteiger partial charge in [0.05, 0.1) is 35.1 Å². The van der Waals surface area contributed by atoms with Crippen molar-refractivity contribution >= 4 is 11.0 Å². The Bertz CT molecular complexity index is 614. The van der Waals surface area contributed by atoms with Crippen LogP contribution >= 0.6 is 0 Å². The van der Waals surface area contributed by atoms with Gasteiger partial charge < -0.3 is 4.74 Å². The molecule has 0 bridgehead atoms. The van der Waals surface area contributed by atoms with Crippen molar-refractivity contribution in [2.75, 3.05) is 13.2 Å². The fourth-order valence-corrected chi connectivity index (χ4v) is 2.66. The molecule has 0 saturated carbocycles. The van der Waals surface area contributed by atoms with Crippen LogP contribution in [0.3, 0.4) is 0 Å². The fourth-order valence-electron chi connectivity index (χ4n) is 2.66. The number of aryl methyl sites for hydroxylation is 1. The zero-order valence-electron chi connectivity index (χ0n) is 12.3. The van der Waals surface area contributed by atoms with E-state index in [4.69, 9.17) is 9.72 Å². The van der Waals surface area contributed by atoms with Crippen molar-refractivity contribution < 1.29 is 4.74 Å². The average molecular weight is 271 g/mol. The van der Waals surface area contributed by atoms with E-state index in [0.717, 1.165) is 42.1 Å². The molecule has 0 aliphatic carbocycles. The number of hydrogen-bond acceptors (Lipinski definition) is 4. The topological polar surface area (TPSA) is 38.2 Å². The molecule has 0 spiro atoms. The molecule has 2 unspecified atom stereocenters. The number of benzene rings is 1. The molecule has 0 radical (unpaired) electrons. The smallest absolute Gasteiger partial charge is 0.0890 e. The molecule has 1 aliphatic rings. The van der Waals surface area contributed by atoms with Gasteiger partial charge in [-0.3, -0.25) is 4.90 Å². The number of nitrogens with zero attached hydrogens (tertiary/aromatic N) is 3. The predicted molar refractivity (Wildman–Crippen MR) is 79.6 cm³/mol. The van der Waals surface area contributed by atoms with Crippen LogP contribution in [-0.4, -0.2) is 40.2 Å². The van der Waals surface area contributed by atoms with E-state index in [2.05, 4.69) is 23.7 Å². The molecule has 20 heavy (non-hydrogen) atoms. The zero-order valence-corrected chi connectivity index (χ0v) is 12.3. The molecule has 0 amide bonds. The first-order chi connectivity index (χ1) is 9.63. The lowest BCUT2D eigenvalue weighted by molar-refractivity contribution is -0.0531. The van der Waals surface area contributed by atoms with Gasteiger partial charge in [-0.05, 0) is 32.9 Å². The largest absolute Gasteiger partial charge is 0.376 e. The third kappa shape index (κ3) is 2.67. The van der Waals surface area contributed by atoms with E-state index < -0.39 is 0 Å². The second-order valence-electron chi connectivity index (χ2n) is 5.67. The van der Waals surface area contributed by atoms with Crippen molar-refractivity contribution in [3.8, 4) is 0 Å². The Balaban J connectivity index is 1.88. The molecule has 2 heterocycles. The molecule has 2 atom stereocenters. The highest BCUT2D eigenvalue weighted by Crippen LogP contribution is 2.18. The Morgan fingerprint density at radius 1 is 1.20 bits per heavy atom. The van der Waals surface area contributed by atoms with Gasteiger partial charge in [0.25, 0.3) is 0 Å². The average Bonchev–Trinajstić information content (AvgIpc) is 2.43. The van der Waals surface area contributed by atoms with Crippen molar-refractivity contribution in [3.05, 3.63) is 35.7 Å². The van der Waals surface area contributed by atoms with Crippen LogP contribution in [0.25, 0.3) is 11.0 Å². The first-order valence-electron chi connectivity index (χ1n) is 7.21. The van der Waals surface area contributed by atoms with Crippen molar-refractivity contribution in [1.29, 1.82) is 0 Å². The van der Waals surface area contributed by atoms with Crippen LogP contribution in [0.4, 0.5) is 0 Å². The van der Waals surface area contributed by atoms with Gasteiger partial charge in [-0.1, -0.05) is 12.1 Å². The summed E-state index contributed by atoms with van der Waals surface area (Å²) in [5.41, 5.74) is 4.04. The number of ether oxygens (including phenoxy) is 1. The van der Waals surface area contributed by atoms with Crippen molar-refractivity contribution in [2.24, 2.45) is 0 Å². The summed E-state index contributed by atoms with van der Waals surface area (Å²) in [6.45, 7) is 8.96. The number of morpholine rings is 1. The lowest BCUT2D eigenvalue weighted by Gasteiger charge is -2.36. The van der Waals surface area contributed by atoms with Gasteiger partial charge in [0.1, 0.15) is 0 Å². The van der Waals surface area contributed by atoms with Gasteiger partial charge in [-0.15, -0.1) is 0 Å². The SMILES string of the molecule is Cc1nc2ccccc2nc1CN1CC(C)OCC1C. The summed E-state index contributed by atoms with van der Waals surface area (Å²) in [5.74, 6) is 0. The Hall–Kier alpha value is -1.52. The molecule has 1 saturated heterocycles. The first kappa shape index (κ1) is 13.5. The van der Waals surface area contributed by atoms with E-state index in [1.54, 1.807) is 0 Å². The van der Waals surface area contributed by atoms with E-state index in [9.17, 15) is 0 Å². The van der Waals surface area contributed by atoms with Gasteiger partial charge >= 0.3 is 0 Å². The standard InChI is InChI=1S/C16H21N3O/c1-11-10-20-12(2)8-19(11)9-16-13(3)17-14-6-4-5-7-15(14)18-16/h4-7,11-12H,8-10H2,1-3H3. The number of fused-ring (bicyclic) bond motifs is 1. The molecule has 2 aromatic rings. The number of hydrogen-bond donors (Lipinski definition) is 0. The van der Waals surface area contributed by atoms with E-state index >= 15 is 0 Å². The van der Waals surface area contributed by atoms with Gasteiger partial charge in [0.2, 0.25) is 0 Å². The van der Waals surface area contributed by atoms with Crippen molar-refractivity contribution in [3.63, 3.8) is 0 Å². The summed E-state index contributed by atoms with van der Waals surface area (Å²) in [6, 6.07) is 8.48. The van der Waals surface area contributed by atoms with Crippen LogP contribution in [0.5, 0.6) is 0 Å². The molecule has 1 aromatic carbocycles. The highest BCUT2D eigenvalue weighted by molar-refractivity contribution is 5.74. The predicted octanol–water partition coefficient (Wildman–Crippen LogP) is 2.55. The van der Waals surface area contributed by atoms with Gasteiger partial charge in [0.15, 0.2) is 0 Å². The quantitative estimate of drug-likeness (QED) is 0.841. The number of rotatable bonds is 2. The Labute approximate surface area is 119 Å². The molecular formula is C16H21N3O. The van der Waals surface area contributed by atoms with Crippen LogP contribution in [0.15, 0.2) is 24.3 Å². The summed E-state index contributed by atoms with van der Waals surface area (Å²) in [6.07, 6.45) is 0.292. The Morgan fingerprint density at radius 3 is 2.65 bits per heavy atom. The molecule has 0 N–H and O–H groups in total. The highest BCUT2D eigenvalue weighted by atomic mass is 16.5. The second-order valence-corrected chi connectivity index (χ2v) is 5.67. The number of para-hydroxylation sites is 2. The third-order valence-corrected chi connectivity index (χ3v) is 3.93. The first-order valence-corrected chi connectivity index (χ1v) is 7.21. The fraction of sp³-hybridized carbons (Fsp3) is 0.500. The lowest BCUT2D eigenvalue weighted by Crippen LogP contribution is -2.46. The summed E-state index contributed by atoms with van der Waals surface area (Å²) < 4.78 is 5.68. The van der Waals surface area contributed by atoms with E-state index in [1.807, 2.05) is 31.2 Å². The maximum atomic E-state index is 5.68. The van der Waals surface area contributed by atoms with Crippen LogP contribution in [0, 0.1) is 6.92 Å². The van der Waals surface area contributed by atoms with Crippen LogP contribution in [0.2, 0.25) is 0 Å². The van der Waals surface area contributed by atoms with Crippen LogP contribution in [0.1, 0.15) is 25.2 Å². The normalized spacial score (nSPS) is 24.1. The molecule has 4 heteroatoms. The summed E-state index contributed by atoms with van der Waals surface area (Å²) in [5, 5.41) is 0. The molecule has 3 rings (SSSR count). The zero-order chi connectivity index (χ0) is 14.1. The second kappa shape index (κ2) is 5.46. The third-order valence-electron chi connectivity index (χ3n) is 3.93. The number of aromatic nitrogens is 2. The highest BCUT2D eigenvalue weighted by Gasteiger charge is 2.24. The molecular weight excluding hydrogens is 250 g/mol. The molecule has 106 valence electrons. The molecule has 1 fully saturated rings. The minimum atomic E-state index is 0.292. The van der Waals surface area contributed by atoms with E-state index in [-0.39, 0.29) is 0 Å². The van der Waals surface area contributed by atoms with Gasteiger partial charge in [0, 0.05) is 19.1 Å². The maximum absolute atomic E-state index is 5.68. The maximum Gasteiger partial charge on any atom is 0.0890 e. The summed E-state index contributed by atoms with van der Waals surface area (Å²) >= 11 is 0. The Kier molecular flexibility index (Phi) is 3.68. The minimum absolute atomic E-state index is 0.292. The summed E-state index contributed by atoms with van der Waals surface area (Å²) in [7, 11) is 0. The van der Waals surface area contributed by atoms with Crippen LogP contribution < -0.4 is 0 Å². The molecule has 4 nitrogen and oxygen atoms in total. The minimum Gasteiger partial charge on any atom is -0.376 e. The van der Waals surface area contributed by atoms with Crippen LogP contribution in [-0.2, 0) is 11.3 Å². The van der Waals surface area contributed by atoms with E-state index in [0.29, 0.717) is 12.1 Å². The van der Waals surface area contributed by atoms with Crippen molar-refractivity contribution in [2.45, 2.75) is 39.5 Å².